The van der Waals surface area contributed by atoms with Crippen molar-refractivity contribution in [3.8, 4) is 0 Å². The molecule has 0 fully saturated rings. The Morgan fingerprint density at radius 1 is 0.270 bits per heavy atom. The number of hydrogen-bond acceptors (Lipinski definition) is 15. The van der Waals surface area contributed by atoms with Crippen molar-refractivity contribution in [2.45, 2.75) is 451 Å². The van der Waals surface area contributed by atoms with Crippen LogP contribution in [0.4, 0.5) is 0 Å². The van der Waals surface area contributed by atoms with Crippen LogP contribution in [-0.4, -0.2) is 96.7 Å². The minimum atomic E-state index is -4.96. The smallest absolute Gasteiger partial charge is 0.462 e. The van der Waals surface area contributed by atoms with Crippen LogP contribution in [0.3, 0.4) is 0 Å². The Morgan fingerprint density at radius 2 is 0.460 bits per heavy atom. The molecule has 0 saturated carbocycles. The Hall–Kier alpha value is -1.94. The highest BCUT2D eigenvalue weighted by Gasteiger charge is 2.30. The molecule has 0 heterocycles. The zero-order chi connectivity index (χ0) is 73.4. The summed E-state index contributed by atoms with van der Waals surface area (Å²) in [6.45, 7) is 7.26. The summed E-state index contributed by atoms with van der Waals surface area (Å²) in [6.07, 6.45) is 65.9. The lowest BCUT2D eigenvalue weighted by Gasteiger charge is -2.21. The number of unbranched alkanes of at least 4 members (excludes halogenated alkanes) is 53. The van der Waals surface area contributed by atoms with Crippen LogP contribution in [-0.2, 0) is 65.4 Å². The lowest BCUT2D eigenvalue weighted by Crippen LogP contribution is -2.30. The first-order chi connectivity index (χ1) is 48.5. The van der Waals surface area contributed by atoms with E-state index in [0.29, 0.717) is 25.7 Å². The number of ether oxygens (including phenoxy) is 4. The largest absolute Gasteiger partial charge is 0.472 e. The minimum absolute atomic E-state index is 0.107. The van der Waals surface area contributed by atoms with Gasteiger partial charge in [0.25, 0.3) is 0 Å². The highest BCUT2D eigenvalue weighted by atomic mass is 31.2. The van der Waals surface area contributed by atoms with Crippen LogP contribution < -0.4 is 0 Å². The monoisotopic (exact) mass is 1470 g/mol. The van der Waals surface area contributed by atoms with Gasteiger partial charge in [-0.15, -0.1) is 0 Å². The molecule has 0 aromatic heterocycles. The van der Waals surface area contributed by atoms with E-state index in [4.69, 9.17) is 37.0 Å². The molecule has 2 unspecified atom stereocenters. The van der Waals surface area contributed by atoms with E-state index in [-0.39, 0.29) is 25.7 Å². The van der Waals surface area contributed by atoms with Gasteiger partial charge in [-0.25, -0.2) is 9.13 Å². The lowest BCUT2D eigenvalue weighted by atomic mass is 10.0. The quantitative estimate of drug-likeness (QED) is 0.0222. The Kier molecular flexibility index (Phi) is 72.5. The molecule has 0 saturated heterocycles. The summed E-state index contributed by atoms with van der Waals surface area (Å²) in [6, 6.07) is 0. The third kappa shape index (κ3) is 74.3. The van der Waals surface area contributed by atoms with Gasteiger partial charge in [-0.2, -0.15) is 0 Å². The molecule has 0 spiro atoms. The first-order valence-electron chi connectivity index (χ1n) is 42.1. The van der Waals surface area contributed by atoms with Gasteiger partial charge in [-0.05, 0) is 31.6 Å². The van der Waals surface area contributed by atoms with E-state index in [1.165, 1.54) is 250 Å². The van der Waals surface area contributed by atoms with E-state index in [9.17, 15) is 43.2 Å². The summed E-state index contributed by atoms with van der Waals surface area (Å²) in [5.74, 6) is -1.30. The average Bonchev–Trinajstić information content (AvgIpc) is 0.916. The fourth-order valence-electron chi connectivity index (χ4n) is 12.6. The van der Waals surface area contributed by atoms with E-state index >= 15 is 0 Å². The molecule has 17 nitrogen and oxygen atoms in total. The summed E-state index contributed by atoms with van der Waals surface area (Å²) in [5.41, 5.74) is 0. The maximum atomic E-state index is 13.1. The maximum absolute atomic E-state index is 13.1. The Morgan fingerprint density at radius 3 is 0.680 bits per heavy atom. The fourth-order valence-corrected chi connectivity index (χ4v) is 14.2. The van der Waals surface area contributed by atoms with E-state index in [1.54, 1.807) is 0 Å². The van der Waals surface area contributed by atoms with Crippen molar-refractivity contribution in [1.29, 1.82) is 0 Å². The molecule has 0 amide bonds. The van der Waals surface area contributed by atoms with Crippen molar-refractivity contribution >= 4 is 39.5 Å². The average molecular weight is 1470 g/mol. The van der Waals surface area contributed by atoms with E-state index in [0.717, 1.165) is 102 Å². The zero-order valence-corrected chi connectivity index (χ0v) is 67.1. The molecule has 0 radical (unpaired) electrons. The Balaban J connectivity index is 5.09. The third-order valence-corrected chi connectivity index (χ3v) is 20.9. The molecule has 19 heteroatoms. The molecule has 0 aliphatic carbocycles. The molecule has 3 N–H and O–H groups in total. The molecule has 594 valence electrons. The van der Waals surface area contributed by atoms with Gasteiger partial charge in [0.05, 0.1) is 26.4 Å². The minimum Gasteiger partial charge on any atom is -0.462 e. The Bertz CT molecular complexity index is 1910. The van der Waals surface area contributed by atoms with E-state index in [2.05, 4.69) is 34.6 Å². The van der Waals surface area contributed by atoms with Crippen molar-refractivity contribution in [3.05, 3.63) is 0 Å². The molecule has 0 rings (SSSR count). The van der Waals surface area contributed by atoms with E-state index in [1.807, 2.05) is 0 Å². The number of hydrogen-bond donors (Lipinski definition) is 3. The topological polar surface area (TPSA) is 237 Å². The van der Waals surface area contributed by atoms with Gasteiger partial charge < -0.3 is 33.8 Å². The molecule has 0 aliphatic heterocycles. The predicted octanol–water partition coefficient (Wildman–Crippen LogP) is 24.4. The van der Waals surface area contributed by atoms with Crippen LogP contribution >= 0.6 is 15.6 Å². The summed E-state index contributed by atoms with van der Waals surface area (Å²) in [4.78, 5) is 72.6. The molecule has 0 aliphatic rings. The van der Waals surface area contributed by atoms with Crippen LogP contribution in [0.2, 0.25) is 0 Å². The van der Waals surface area contributed by atoms with Crippen LogP contribution in [0.15, 0.2) is 0 Å². The first kappa shape index (κ1) is 98.1. The number of aliphatic hydroxyl groups excluding tert-OH is 1. The van der Waals surface area contributed by atoms with Gasteiger partial charge in [0.15, 0.2) is 12.2 Å². The van der Waals surface area contributed by atoms with Crippen molar-refractivity contribution in [1.82, 2.24) is 0 Å². The number of rotatable bonds is 81. The molecule has 100 heavy (non-hydrogen) atoms. The van der Waals surface area contributed by atoms with Crippen LogP contribution in [0.5, 0.6) is 0 Å². The number of carbonyl (C=O) groups is 4. The van der Waals surface area contributed by atoms with Gasteiger partial charge in [-0.1, -0.05) is 381 Å². The zero-order valence-electron chi connectivity index (χ0n) is 65.3. The second kappa shape index (κ2) is 73.9. The first-order valence-corrected chi connectivity index (χ1v) is 45.1. The molecular weight excluding hydrogens is 1310 g/mol. The van der Waals surface area contributed by atoms with Crippen molar-refractivity contribution < 1.29 is 80.2 Å². The van der Waals surface area contributed by atoms with Gasteiger partial charge in [0.1, 0.15) is 19.3 Å². The summed E-state index contributed by atoms with van der Waals surface area (Å²) >= 11 is 0. The number of phosphoric ester groups is 2. The van der Waals surface area contributed by atoms with Gasteiger partial charge in [-0.3, -0.25) is 37.3 Å². The number of esters is 4. The molecule has 0 bridgehead atoms. The van der Waals surface area contributed by atoms with Gasteiger partial charge in [0.2, 0.25) is 0 Å². The SMILES string of the molecule is CCCCCCCCCCCCCCCCCCCCCCCCC(=O)O[C@H](COC(=O)CCCCCCCCCCCCCCCCCCCCC(C)C)COP(=O)(O)OC[C@@H](O)COP(=O)(O)OC[C@@H](COC(=O)CCCCCCC)OC(=O)CCCCCCCCCCCCCC. The molecule has 0 aromatic carbocycles. The van der Waals surface area contributed by atoms with Gasteiger partial charge in [0, 0.05) is 25.7 Å². The van der Waals surface area contributed by atoms with Crippen molar-refractivity contribution in [3.63, 3.8) is 0 Å². The number of phosphoric acid groups is 2. The molecular formula is C81H158O17P2. The standard InChI is InChI=1S/C81H158O17P2/c1-6-9-12-15-17-19-21-23-24-25-26-27-28-29-34-37-40-44-48-52-57-62-67-81(86)98-77(71-92-79(84)65-60-55-50-46-43-39-36-33-31-30-32-35-38-41-45-49-54-58-63-74(4)5)73-96-100(89,90)94-69-75(82)68-93-99(87,88)95-72-76(70-91-78(83)64-59-53-14-11-8-3)97-80(85)66-61-56-51-47-42-22-20-18-16-13-10-7-2/h74-77,82H,6-73H2,1-5H3,(H,87,88)(H,89,90)/t75-,76+,77+/m0/s1. The van der Waals surface area contributed by atoms with Crippen LogP contribution in [0, 0.1) is 5.92 Å². The number of carbonyl (C=O) groups excluding carboxylic acids is 4. The Labute approximate surface area is 613 Å². The third-order valence-electron chi connectivity index (χ3n) is 19.0. The summed E-state index contributed by atoms with van der Waals surface area (Å²) in [7, 11) is -9.90. The maximum Gasteiger partial charge on any atom is 0.472 e. The summed E-state index contributed by atoms with van der Waals surface area (Å²) < 4.78 is 68.4. The van der Waals surface area contributed by atoms with Crippen LogP contribution in [0.25, 0.3) is 0 Å². The van der Waals surface area contributed by atoms with Crippen molar-refractivity contribution in [2.75, 3.05) is 39.6 Å². The normalized spacial score (nSPS) is 13.8. The van der Waals surface area contributed by atoms with E-state index < -0.39 is 97.5 Å². The van der Waals surface area contributed by atoms with Crippen LogP contribution in [0.1, 0.15) is 433 Å². The highest BCUT2D eigenvalue weighted by Crippen LogP contribution is 2.45. The highest BCUT2D eigenvalue weighted by molar-refractivity contribution is 7.47. The van der Waals surface area contributed by atoms with Gasteiger partial charge >= 0.3 is 39.5 Å². The fraction of sp³-hybridized carbons (Fsp3) is 0.951. The predicted molar refractivity (Wildman–Crippen MR) is 409 cm³/mol. The molecule has 0 aromatic rings. The lowest BCUT2D eigenvalue weighted by molar-refractivity contribution is -0.161. The van der Waals surface area contributed by atoms with Crippen molar-refractivity contribution in [2.24, 2.45) is 5.92 Å². The summed E-state index contributed by atoms with van der Waals surface area (Å²) in [5, 5.41) is 10.6. The number of aliphatic hydroxyl groups is 1. The second-order valence-electron chi connectivity index (χ2n) is 29.6. The second-order valence-corrected chi connectivity index (χ2v) is 32.5. The molecule has 5 atom stereocenters.